The topological polar surface area (TPSA) is 72.5 Å². The van der Waals surface area contributed by atoms with E-state index in [1.807, 2.05) is 0 Å². The fraction of sp³-hybridized carbons (Fsp3) is 0.857. The normalized spacial score (nSPS) is 35.5. The molecule has 2 atom stereocenters. The van der Waals surface area contributed by atoms with E-state index >= 15 is 0 Å². The average molecular weight is 159 g/mol. The number of hydrogen-bond acceptors (Lipinski definition) is 4. The summed E-state index contributed by atoms with van der Waals surface area (Å²) in [4.78, 5) is 11.1. The van der Waals surface area contributed by atoms with Gasteiger partial charge in [-0.05, 0) is 13.8 Å². The number of rotatable bonds is 1. The zero-order chi connectivity index (χ0) is 8.65. The van der Waals surface area contributed by atoms with E-state index in [-0.39, 0.29) is 12.6 Å². The standard InChI is InChI=1S/C7H13NO3/c1-7(2)5(8)4(3-9)11-6(7)10/h4-5,9H,3,8H2,1-2H3/t4-,5+/m1/s1. The Morgan fingerprint density at radius 2 is 2.27 bits per heavy atom. The van der Waals surface area contributed by atoms with E-state index in [2.05, 4.69) is 0 Å². The van der Waals surface area contributed by atoms with Crippen LogP contribution in [0.3, 0.4) is 0 Å². The molecule has 1 rings (SSSR count). The van der Waals surface area contributed by atoms with Gasteiger partial charge in [0, 0.05) is 0 Å². The second kappa shape index (κ2) is 2.46. The Hall–Kier alpha value is -0.610. The van der Waals surface area contributed by atoms with Crippen LogP contribution in [0.25, 0.3) is 0 Å². The summed E-state index contributed by atoms with van der Waals surface area (Å²) in [5.41, 5.74) is 4.99. The third-order valence-electron chi connectivity index (χ3n) is 2.20. The van der Waals surface area contributed by atoms with Crippen molar-refractivity contribution in [3.8, 4) is 0 Å². The van der Waals surface area contributed by atoms with Gasteiger partial charge in [0.25, 0.3) is 0 Å². The predicted octanol–water partition coefficient (Wildman–Crippen LogP) is -0.742. The second-order valence-electron chi connectivity index (χ2n) is 3.37. The van der Waals surface area contributed by atoms with Crippen LogP contribution in [-0.2, 0) is 9.53 Å². The van der Waals surface area contributed by atoms with Crippen LogP contribution in [0.1, 0.15) is 13.8 Å². The minimum absolute atomic E-state index is 0.198. The van der Waals surface area contributed by atoms with Crippen LogP contribution in [-0.4, -0.2) is 29.8 Å². The Labute approximate surface area is 65.3 Å². The number of nitrogens with two attached hydrogens (primary N) is 1. The molecule has 3 N–H and O–H groups in total. The van der Waals surface area contributed by atoms with E-state index < -0.39 is 17.6 Å². The number of carbonyl (C=O) groups is 1. The second-order valence-corrected chi connectivity index (χ2v) is 3.37. The lowest BCUT2D eigenvalue weighted by Crippen LogP contribution is -2.43. The van der Waals surface area contributed by atoms with Crippen LogP contribution in [0, 0.1) is 5.41 Å². The molecule has 0 aromatic heterocycles. The van der Waals surface area contributed by atoms with Crippen molar-refractivity contribution in [2.45, 2.75) is 26.0 Å². The molecule has 1 fully saturated rings. The fourth-order valence-electron chi connectivity index (χ4n) is 1.11. The summed E-state index contributed by atoms with van der Waals surface area (Å²) < 4.78 is 4.82. The number of carbonyl (C=O) groups excluding carboxylic acids is 1. The Balaban J connectivity index is 2.80. The number of esters is 1. The number of aliphatic hydroxyl groups is 1. The maximum atomic E-state index is 11.1. The Kier molecular flexibility index (Phi) is 1.90. The van der Waals surface area contributed by atoms with Crippen molar-refractivity contribution in [3.05, 3.63) is 0 Å². The largest absolute Gasteiger partial charge is 0.458 e. The van der Waals surface area contributed by atoms with Gasteiger partial charge >= 0.3 is 5.97 Å². The Morgan fingerprint density at radius 1 is 1.73 bits per heavy atom. The van der Waals surface area contributed by atoms with Crippen molar-refractivity contribution in [2.24, 2.45) is 11.1 Å². The molecule has 0 radical (unpaired) electrons. The maximum absolute atomic E-state index is 11.1. The van der Waals surface area contributed by atoms with Crippen LogP contribution in [0.2, 0.25) is 0 Å². The highest BCUT2D eigenvalue weighted by atomic mass is 16.6. The first-order valence-electron chi connectivity index (χ1n) is 3.57. The summed E-state index contributed by atoms with van der Waals surface area (Å²) in [5.74, 6) is -0.330. The van der Waals surface area contributed by atoms with Crippen molar-refractivity contribution in [2.75, 3.05) is 6.61 Å². The number of aliphatic hydroxyl groups excluding tert-OH is 1. The Morgan fingerprint density at radius 3 is 2.45 bits per heavy atom. The van der Waals surface area contributed by atoms with Gasteiger partial charge in [-0.15, -0.1) is 0 Å². The van der Waals surface area contributed by atoms with Crippen LogP contribution < -0.4 is 5.73 Å². The molecule has 1 saturated heterocycles. The third kappa shape index (κ3) is 1.12. The van der Waals surface area contributed by atoms with Gasteiger partial charge in [0.1, 0.15) is 6.10 Å². The van der Waals surface area contributed by atoms with Gasteiger partial charge in [-0.25, -0.2) is 0 Å². The molecule has 0 aromatic carbocycles. The average Bonchev–Trinajstić information content (AvgIpc) is 2.14. The van der Waals surface area contributed by atoms with Gasteiger partial charge in [-0.2, -0.15) is 0 Å². The van der Waals surface area contributed by atoms with Crippen molar-refractivity contribution < 1.29 is 14.6 Å². The molecule has 11 heavy (non-hydrogen) atoms. The van der Waals surface area contributed by atoms with Gasteiger partial charge < -0.3 is 15.6 Å². The van der Waals surface area contributed by atoms with Gasteiger partial charge in [0.05, 0.1) is 18.1 Å². The number of cyclic esters (lactones) is 1. The first kappa shape index (κ1) is 8.49. The van der Waals surface area contributed by atoms with Gasteiger partial charge in [0.15, 0.2) is 0 Å². The summed E-state index contributed by atoms with van der Waals surface area (Å²) in [5, 5.41) is 8.73. The van der Waals surface area contributed by atoms with Gasteiger partial charge in [0.2, 0.25) is 0 Å². The number of ether oxygens (including phenoxy) is 1. The van der Waals surface area contributed by atoms with Crippen molar-refractivity contribution in [1.29, 1.82) is 0 Å². The molecular formula is C7H13NO3. The third-order valence-corrected chi connectivity index (χ3v) is 2.20. The first-order valence-corrected chi connectivity index (χ1v) is 3.57. The molecule has 1 aliphatic rings. The molecule has 4 heteroatoms. The molecule has 1 aliphatic heterocycles. The molecule has 0 amide bonds. The summed E-state index contributed by atoms with van der Waals surface area (Å²) >= 11 is 0. The molecule has 64 valence electrons. The quantitative estimate of drug-likeness (QED) is 0.494. The highest BCUT2D eigenvalue weighted by Gasteiger charge is 2.48. The fourth-order valence-corrected chi connectivity index (χ4v) is 1.11. The molecule has 4 nitrogen and oxygen atoms in total. The minimum Gasteiger partial charge on any atom is -0.458 e. The summed E-state index contributed by atoms with van der Waals surface area (Å²) in [6, 6.07) is -0.403. The molecule has 0 unspecified atom stereocenters. The van der Waals surface area contributed by atoms with Gasteiger partial charge in [-0.1, -0.05) is 0 Å². The van der Waals surface area contributed by atoms with Crippen LogP contribution in [0.4, 0.5) is 0 Å². The van der Waals surface area contributed by atoms with E-state index in [0.29, 0.717) is 0 Å². The van der Waals surface area contributed by atoms with Crippen molar-refractivity contribution in [1.82, 2.24) is 0 Å². The lowest BCUT2D eigenvalue weighted by molar-refractivity contribution is -0.148. The molecule has 0 spiro atoms. The smallest absolute Gasteiger partial charge is 0.313 e. The lowest BCUT2D eigenvalue weighted by Gasteiger charge is -2.19. The molecule has 1 heterocycles. The van der Waals surface area contributed by atoms with E-state index in [1.165, 1.54) is 0 Å². The number of hydrogen-bond donors (Lipinski definition) is 2. The molecule has 0 bridgehead atoms. The lowest BCUT2D eigenvalue weighted by atomic mass is 9.85. The highest BCUT2D eigenvalue weighted by molar-refractivity contribution is 5.79. The van der Waals surface area contributed by atoms with Crippen LogP contribution >= 0.6 is 0 Å². The van der Waals surface area contributed by atoms with Crippen molar-refractivity contribution in [3.63, 3.8) is 0 Å². The molecule has 0 saturated carbocycles. The highest BCUT2D eigenvalue weighted by Crippen LogP contribution is 2.31. The zero-order valence-electron chi connectivity index (χ0n) is 6.70. The van der Waals surface area contributed by atoms with Crippen molar-refractivity contribution >= 4 is 5.97 Å². The SMILES string of the molecule is CC1(C)C(=O)O[C@H](CO)[C@@H]1N. The van der Waals surface area contributed by atoms with E-state index in [1.54, 1.807) is 13.8 Å². The van der Waals surface area contributed by atoms with E-state index in [4.69, 9.17) is 15.6 Å². The van der Waals surface area contributed by atoms with Crippen LogP contribution in [0.15, 0.2) is 0 Å². The minimum atomic E-state index is -0.659. The van der Waals surface area contributed by atoms with E-state index in [9.17, 15) is 4.79 Å². The molecule has 0 aliphatic carbocycles. The monoisotopic (exact) mass is 159 g/mol. The van der Waals surface area contributed by atoms with E-state index in [0.717, 1.165) is 0 Å². The summed E-state index contributed by atoms with van der Waals surface area (Å²) in [7, 11) is 0. The first-order chi connectivity index (χ1) is 5.00. The summed E-state index contributed by atoms with van der Waals surface area (Å²) in [6.45, 7) is 3.24. The molecule has 0 aromatic rings. The zero-order valence-corrected chi connectivity index (χ0v) is 6.70. The maximum Gasteiger partial charge on any atom is 0.313 e. The summed E-state index contributed by atoms with van der Waals surface area (Å²) in [6.07, 6.45) is -0.530. The van der Waals surface area contributed by atoms with Crippen LogP contribution in [0.5, 0.6) is 0 Å². The Bertz CT molecular complexity index is 179. The molecular weight excluding hydrogens is 146 g/mol. The predicted molar refractivity (Wildman–Crippen MR) is 38.7 cm³/mol. The van der Waals surface area contributed by atoms with Gasteiger partial charge in [-0.3, -0.25) is 4.79 Å².